The van der Waals surface area contributed by atoms with Gasteiger partial charge in [0, 0.05) is 16.9 Å². The monoisotopic (exact) mass is 268 g/mol. The van der Waals surface area contributed by atoms with Gasteiger partial charge in [0.15, 0.2) is 0 Å². The predicted molar refractivity (Wildman–Crippen MR) is 65.2 cm³/mol. The van der Waals surface area contributed by atoms with Crippen LogP contribution in [0.2, 0.25) is 0 Å². The van der Waals surface area contributed by atoms with E-state index in [1.165, 1.54) is 0 Å². The van der Waals surface area contributed by atoms with Gasteiger partial charge in [-0.2, -0.15) is 0 Å². The standard InChI is InChI=1S/C11H13BrN2O/c1-6-3-8(12)11-9(4-6)14-10(15)5-7(2)13-11/h3-4,7,13H,5H2,1-2H3,(H,14,15). The number of carbonyl (C=O) groups excluding carboxylic acids is 1. The van der Waals surface area contributed by atoms with Crippen LogP contribution in [0.4, 0.5) is 11.4 Å². The topological polar surface area (TPSA) is 41.1 Å². The maximum absolute atomic E-state index is 11.5. The number of amides is 1. The molecule has 0 bridgehead atoms. The first kappa shape index (κ1) is 10.5. The van der Waals surface area contributed by atoms with Gasteiger partial charge < -0.3 is 10.6 Å². The molecular formula is C11H13BrN2O. The quantitative estimate of drug-likeness (QED) is 0.760. The van der Waals surface area contributed by atoms with Crippen molar-refractivity contribution in [3.05, 3.63) is 22.2 Å². The number of rotatable bonds is 0. The minimum atomic E-state index is 0.0613. The Morgan fingerprint density at radius 1 is 1.47 bits per heavy atom. The van der Waals surface area contributed by atoms with Crippen molar-refractivity contribution in [3.8, 4) is 0 Å². The maximum atomic E-state index is 11.5. The van der Waals surface area contributed by atoms with E-state index >= 15 is 0 Å². The fourth-order valence-corrected chi connectivity index (χ4v) is 2.45. The van der Waals surface area contributed by atoms with E-state index in [1.54, 1.807) is 0 Å². The Balaban J connectivity index is 2.50. The Kier molecular flexibility index (Phi) is 2.69. The molecule has 0 fully saturated rings. The van der Waals surface area contributed by atoms with Crippen LogP contribution in [0.1, 0.15) is 18.9 Å². The molecule has 1 aromatic carbocycles. The molecule has 1 heterocycles. The smallest absolute Gasteiger partial charge is 0.226 e. The van der Waals surface area contributed by atoms with Crippen molar-refractivity contribution < 1.29 is 4.79 Å². The molecule has 0 spiro atoms. The van der Waals surface area contributed by atoms with E-state index in [1.807, 2.05) is 26.0 Å². The molecule has 1 atom stereocenters. The summed E-state index contributed by atoms with van der Waals surface area (Å²) in [5, 5.41) is 6.22. The molecule has 15 heavy (non-hydrogen) atoms. The lowest BCUT2D eigenvalue weighted by molar-refractivity contribution is -0.116. The Labute approximate surface area is 97.4 Å². The van der Waals surface area contributed by atoms with Gasteiger partial charge in [0.2, 0.25) is 5.91 Å². The number of aryl methyl sites for hydroxylation is 1. The van der Waals surface area contributed by atoms with Gasteiger partial charge >= 0.3 is 0 Å². The van der Waals surface area contributed by atoms with E-state index in [0.29, 0.717) is 6.42 Å². The normalized spacial score (nSPS) is 19.9. The largest absolute Gasteiger partial charge is 0.379 e. The number of fused-ring (bicyclic) bond motifs is 1. The van der Waals surface area contributed by atoms with Crippen molar-refractivity contribution in [2.24, 2.45) is 0 Å². The highest BCUT2D eigenvalue weighted by atomic mass is 79.9. The highest BCUT2D eigenvalue weighted by Crippen LogP contribution is 2.34. The second-order valence-electron chi connectivity index (χ2n) is 3.97. The first-order valence-electron chi connectivity index (χ1n) is 4.93. The fraction of sp³-hybridized carbons (Fsp3) is 0.364. The van der Waals surface area contributed by atoms with Crippen molar-refractivity contribution in [1.82, 2.24) is 0 Å². The summed E-state index contributed by atoms with van der Waals surface area (Å²) in [7, 11) is 0. The van der Waals surface area contributed by atoms with Gasteiger partial charge in [0.1, 0.15) is 0 Å². The predicted octanol–water partition coefficient (Wildman–Crippen LogP) is 2.90. The van der Waals surface area contributed by atoms with Gasteiger partial charge in [-0.15, -0.1) is 0 Å². The summed E-state index contributed by atoms with van der Waals surface area (Å²) in [5.41, 5.74) is 2.95. The van der Waals surface area contributed by atoms with Crippen LogP contribution >= 0.6 is 15.9 Å². The summed E-state index contributed by atoms with van der Waals surface area (Å²) in [6, 6.07) is 4.17. The summed E-state index contributed by atoms with van der Waals surface area (Å²) in [6.45, 7) is 4.01. The molecule has 0 aliphatic carbocycles. The van der Waals surface area contributed by atoms with Crippen LogP contribution in [-0.2, 0) is 4.79 Å². The van der Waals surface area contributed by atoms with Crippen molar-refractivity contribution in [2.75, 3.05) is 10.6 Å². The Hall–Kier alpha value is -1.03. The number of hydrogen-bond acceptors (Lipinski definition) is 2. The van der Waals surface area contributed by atoms with Crippen molar-refractivity contribution >= 4 is 33.2 Å². The highest BCUT2D eigenvalue weighted by molar-refractivity contribution is 9.10. The van der Waals surface area contributed by atoms with Crippen LogP contribution < -0.4 is 10.6 Å². The zero-order chi connectivity index (χ0) is 11.0. The molecule has 3 nitrogen and oxygen atoms in total. The van der Waals surface area contributed by atoms with Crippen molar-refractivity contribution in [3.63, 3.8) is 0 Å². The van der Waals surface area contributed by atoms with Gasteiger partial charge in [0.05, 0.1) is 11.4 Å². The van der Waals surface area contributed by atoms with Crippen LogP contribution in [0.3, 0.4) is 0 Å². The van der Waals surface area contributed by atoms with Crippen molar-refractivity contribution in [1.29, 1.82) is 0 Å². The molecule has 2 rings (SSSR count). The lowest BCUT2D eigenvalue weighted by Crippen LogP contribution is -2.18. The number of hydrogen-bond donors (Lipinski definition) is 2. The van der Waals surface area contributed by atoms with Crippen LogP contribution in [0, 0.1) is 6.92 Å². The Bertz CT molecular complexity index is 417. The van der Waals surface area contributed by atoms with E-state index in [2.05, 4.69) is 26.6 Å². The van der Waals surface area contributed by atoms with Gasteiger partial charge in [0.25, 0.3) is 0 Å². The average Bonchev–Trinajstić information content (AvgIpc) is 2.22. The molecule has 0 saturated heterocycles. The van der Waals surface area contributed by atoms with E-state index in [-0.39, 0.29) is 11.9 Å². The Morgan fingerprint density at radius 3 is 2.93 bits per heavy atom. The fourth-order valence-electron chi connectivity index (χ4n) is 1.76. The number of halogens is 1. The lowest BCUT2D eigenvalue weighted by atomic mass is 10.2. The number of anilines is 2. The first-order valence-corrected chi connectivity index (χ1v) is 5.72. The number of carbonyl (C=O) groups is 1. The van der Waals surface area contributed by atoms with Crippen LogP contribution in [0.15, 0.2) is 16.6 Å². The van der Waals surface area contributed by atoms with Gasteiger partial charge in [-0.1, -0.05) is 0 Å². The first-order chi connectivity index (χ1) is 7.06. The number of nitrogens with one attached hydrogen (secondary N) is 2. The second kappa shape index (κ2) is 3.85. The minimum Gasteiger partial charge on any atom is -0.379 e. The highest BCUT2D eigenvalue weighted by Gasteiger charge is 2.19. The zero-order valence-electron chi connectivity index (χ0n) is 8.73. The molecule has 80 valence electrons. The molecular weight excluding hydrogens is 256 g/mol. The van der Waals surface area contributed by atoms with Crippen LogP contribution in [0.5, 0.6) is 0 Å². The molecule has 1 unspecified atom stereocenters. The summed E-state index contributed by atoms with van der Waals surface area (Å²) in [5.74, 6) is 0.0613. The van der Waals surface area contributed by atoms with Gasteiger partial charge in [-0.05, 0) is 47.5 Å². The van der Waals surface area contributed by atoms with Crippen LogP contribution in [0.25, 0.3) is 0 Å². The number of benzene rings is 1. The molecule has 0 radical (unpaired) electrons. The SMILES string of the molecule is Cc1cc(Br)c2c(c1)NC(=O)CC(C)N2. The molecule has 2 N–H and O–H groups in total. The van der Waals surface area contributed by atoms with E-state index in [4.69, 9.17) is 0 Å². The molecule has 1 amide bonds. The minimum absolute atomic E-state index is 0.0613. The lowest BCUT2D eigenvalue weighted by Gasteiger charge is -2.14. The third-order valence-corrected chi connectivity index (χ3v) is 3.02. The molecule has 0 saturated carbocycles. The third kappa shape index (κ3) is 2.15. The van der Waals surface area contributed by atoms with E-state index in [0.717, 1.165) is 21.4 Å². The average molecular weight is 269 g/mol. The summed E-state index contributed by atoms with van der Waals surface area (Å²) in [4.78, 5) is 11.5. The van der Waals surface area contributed by atoms with Gasteiger partial charge in [-0.3, -0.25) is 4.79 Å². The third-order valence-electron chi connectivity index (χ3n) is 2.39. The molecule has 1 aromatic rings. The second-order valence-corrected chi connectivity index (χ2v) is 4.82. The summed E-state index contributed by atoms with van der Waals surface area (Å²) >= 11 is 3.50. The molecule has 1 aliphatic heterocycles. The zero-order valence-corrected chi connectivity index (χ0v) is 10.3. The molecule has 1 aliphatic rings. The van der Waals surface area contributed by atoms with Crippen molar-refractivity contribution in [2.45, 2.75) is 26.3 Å². The maximum Gasteiger partial charge on any atom is 0.226 e. The Morgan fingerprint density at radius 2 is 2.20 bits per heavy atom. The molecule has 4 heteroatoms. The summed E-state index contributed by atoms with van der Waals surface area (Å²) < 4.78 is 0.992. The van der Waals surface area contributed by atoms with Gasteiger partial charge in [-0.25, -0.2) is 0 Å². The van der Waals surface area contributed by atoms with E-state index in [9.17, 15) is 4.79 Å². The molecule has 0 aromatic heterocycles. The van der Waals surface area contributed by atoms with Crippen LogP contribution in [-0.4, -0.2) is 11.9 Å². The summed E-state index contributed by atoms with van der Waals surface area (Å²) in [6.07, 6.45) is 0.500. The van der Waals surface area contributed by atoms with E-state index < -0.39 is 0 Å².